The Bertz CT molecular complexity index is 563. The Kier molecular flexibility index (Phi) is 4.17. The van der Waals surface area contributed by atoms with Crippen molar-refractivity contribution in [1.82, 2.24) is 10.0 Å². The van der Waals surface area contributed by atoms with E-state index in [4.69, 9.17) is 0 Å². The van der Waals surface area contributed by atoms with Gasteiger partial charge in [0.2, 0.25) is 10.0 Å². The van der Waals surface area contributed by atoms with Gasteiger partial charge in [-0.1, -0.05) is 6.92 Å². The lowest BCUT2D eigenvalue weighted by molar-refractivity contribution is 0.327. The SMILES string of the molecule is CC1CCNCC1NS(=O)(=O)c1ccc(F)cc1F. The van der Waals surface area contributed by atoms with Crippen LogP contribution in [-0.2, 0) is 10.0 Å². The molecule has 7 heteroatoms. The van der Waals surface area contributed by atoms with Crippen LogP contribution in [0, 0.1) is 17.6 Å². The van der Waals surface area contributed by atoms with E-state index in [1.165, 1.54) is 0 Å². The van der Waals surface area contributed by atoms with E-state index in [9.17, 15) is 17.2 Å². The normalized spacial score (nSPS) is 24.4. The predicted molar refractivity (Wildman–Crippen MR) is 67.1 cm³/mol. The van der Waals surface area contributed by atoms with Crippen LogP contribution in [0.2, 0.25) is 0 Å². The molecule has 4 nitrogen and oxygen atoms in total. The number of hydrogen-bond acceptors (Lipinski definition) is 3. The van der Waals surface area contributed by atoms with Crippen LogP contribution < -0.4 is 10.0 Å². The van der Waals surface area contributed by atoms with Crippen molar-refractivity contribution in [2.75, 3.05) is 13.1 Å². The lowest BCUT2D eigenvalue weighted by Gasteiger charge is -2.30. The third kappa shape index (κ3) is 3.29. The number of hydrogen-bond donors (Lipinski definition) is 2. The Morgan fingerprint density at radius 2 is 2.11 bits per heavy atom. The summed E-state index contributed by atoms with van der Waals surface area (Å²) in [5.74, 6) is -1.72. The molecule has 2 rings (SSSR count). The van der Waals surface area contributed by atoms with E-state index in [-0.39, 0.29) is 12.0 Å². The Hall–Kier alpha value is -1.05. The Morgan fingerprint density at radius 1 is 1.37 bits per heavy atom. The van der Waals surface area contributed by atoms with Crippen molar-refractivity contribution in [2.24, 2.45) is 5.92 Å². The number of piperidine rings is 1. The molecule has 1 heterocycles. The molecule has 0 aliphatic carbocycles. The number of rotatable bonds is 3. The first-order valence-electron chi connectivity index (χ1n) is 6.08. The molecule has 0 radical (unpaired) electrons. The Balaban J connectivity index is 2.22. The summed E-state index contributed by atoms with van der Waals surface area (Å²) in [6.45, 7) is 3.28. The van der Waals surface area contributed by atoms with Gasteiger partial charge in [-0.15, -0.1) is 0 Å². The molecule has 0 aromatic heterocycles. The molecule has 0 amide bonds. The zero-order valence-electron chi connectivity index (χ0n) is 10.5. The Morgan fingerprint density at radius 3 is 2.74 bits per heavy atom. The molecule has 0 saturated carbocycles. The highest BCUT2D eigenvalue weighted by Crippen LogP contribution is 2.18. The topological polar surface area (TPSA) is 58.2 Å². The third-order valence-electron chi connectivity index (χ3n) is 3.32. The summed E-state index contributed by atoms with van der Waals surface area (Å²) in [5, 5.41) is 3.08. The van der Waals surface area contributed by atoms with Gasteiger partial charge in [0.05, 0.1) is 0 Å². The molecule has 1 aliphatic rings. The highest BCUT2D eigenvalue weighted by molar-refractivity contribution is 7.89. The summed E-state index contributed by atoms with van der Waals surface area (Å²) in [6.07, 6.45) is 0.846. The zero-order chi connectivity index (χ0) is 14.0. The summed E-state index contributed by atoms with van der Waals surface area (Å²) in [6, 6.07) is 2.15. The van der Waals surface area contributed by atoms with E-state index < -0.39 is 26.6 Å². The highest BCUT2D eigenvalue weighted by Gasteiger charge is 2.28. The van der Waals surface area contributed by atoms with Crippen LogP contribution >= 0.6 is 0 Å². The van der Waals surface area contributed by atoms with Gasteiger partial charge in [-0.3, -0.25) is 0 Å². The smallest absolute Gasteiger partial charge is 0.243 e. The molecule has 2 unspecified atom stereocenters. The van der Waals surface area contributed by atoms with Crippen LogP contribution in [0.4, 0.5) is 8.78 Å². The average Bonchev–Trinajstić information content (AvgIpc) is 2.31. The van der Waals surface area contributed by atoms with Gasteiger partial charge in [-0.05, 0) is 31.0 Å². The van der Waals surface area contributed by atoms with Gasteiger partial charge in [-0.2, -0.15) is 0 Å². The lowest BCUT2D eigenvalue weighted by Crippen LogP contribution is -2.50. The highest BCUT2D eigenvalue weighted by atomic mass is 32.2. The van der Waals surface area contributed by atoms with Crippen molar-refractivity contribution >= 4 is 10.0 Å². The van der Waals surface area contributed by atoms with Crippen molar-refractivity contribution in [3.63, 3.8) is 0 Å². The third-order valence-corrected chi connectivity index (χ3v) is 4.84. The van der Waals surface area contributed by atoms with E-state index >= 15 is 0 Å². The predicted octanol–water partition coefficient (Wildman–Crippen LogP) is 1.24. The molecule has 2 atom stereocenters. The van der Waals surface area contributed by atoms with Crippen molar-refractivity contribution in [3.8, 4) is 0 Å². The van der Waals surface area contributed by atoms with Gasteiger partial charge < -0.3 is 5.32 Å². The molecule has 1 aromatic carbocycles. The van der Waals surface area contributed by atoms with Gasteiger partial charge in [-0.25, -0.2) is 21.9 Å². The molecule has 1 aliphatic heterocycles. The fourth-order valence-corrected chi connectivity index (χ4v) is 3.51. The Labute approximate surface area is 111 Å². The number of halogens is 2. The quantitative estimate of drug-likeness (QED) is 0.880. The van der Waals surface area contributed by atoms with E-state index in [1.807, 2.05) is 6.92 Å². The fourth-order valence-electron chi connectivity index (χ4n) is 2.10. The second kappa shape index (κ2) is 5.52. The lowest BCUT2D eigenvalue weighted by atomic mass is 9.96. The second-order valence-electron chi connectivity index (χ2n) is 4.77. The average molecular weight is 290 g/mol. The number of benzene rings is 1. The largest absolute Gasteiger partial charge is 0.315 e. The van der Waals surface area contributed by atoms with E-state index in [0.29, 0.717) is 12.6 Å². The minimum absolute atomic E-state index is 0.166. The first-order valence-corrected chi connectivity index (χ1v) is 7.56. The molecule has 19 heavy (non-hydrogen) atoms. The fraction of sp³-hybridized carbons (Fsp3) is 0.500. The van der Waals surface area contributed by atoms with Gasteiger partial charge in [0.15, 0.2) is 0 Å². The first-order chi connectivity index (χ1) is 8.90. The molecule has 1 fully saturated rings. The maximum atomic E-state index is 13.5. The summed E-state index contributed by atoms with van der Waals surface area (Å²) in [4.78, 5) is -0.522. The number of sulfonamides is 1. The van der Waals surface area contributed by atoms with Crippen molar-refractivity contribution in [1.29, 1.82) is 0 Å². The summed E-state index contributed by atoms with van der Waals surface area (Å²) >= 11 is 0. The maximum Gasteiger partial charge on any atom is 0.243 e. The molecule has 2 N–H and O–H groups in total. The molecule has 1 saturated heterocycles. The molecule has 0 spiro atoms. The number of nitrogens with one attached hydrogen (secondary N) is 2. The van der Waals surface area contributed by atoms with Crippen LogP contribution in [0.5, 0.6) is 0 Å². The van der Waals surface area contributed by atoms with Gasteiger partial charge in [0.1, 0.15) is 16.5 Å². The summed E-state index contributed by atoms with van der Waals surface area (Å²) in [5.41, 5.74) is 0. The zero-order valence-corrected chi connectivity index (χ0v) is 11.3. The van der Waals surface area contributed by atoms with Gasteiger partial charge >= 0.3 is 0 Å². The molecule has 1 aromatic rings. The second-order valence-corrected chi connectivity index (χ2v) is 6.46. The van der Waals surface area contributed by atoms with E-state index in [2.05, 4.69) is 10.0 Å². The van der Waals surface area contributed by atoms with Crippen molar-refractivity contribution in [2.45, 2.75) is 24.3 Å². The minimum Gasteiger partial charge on any atom is -0.315 e. The van der Waals surface area contributed by atoms with Crippen LogP contribution in [-0.4, -0.2) is 27.5 Å². The van der Waals surface area contributed by atoms with Crippen LogP contribution in [0.25, 0.3) is 0 Å². The van der Waals surface area contributed by atoms with E-state index in [0.717, 1.165) is 25.1 Å². The maximum absolute atomic E-state index is 13.5. The minimum atomic E-state index is -3.97. The van der Waals surface area contributed by atoms with Crippen LogP contribution in [0.15, 0.2) is 23.1 Å². The van der Waals surface area contributed by atoms with Crippen LogP contribution in [0.1, 0.15) is 13.3 Å². The van der Waals surface area contributed by atoms with Crippen molar-refractivity contribution < 1.29 is 17.2 Å². The standard InChI is InChI=1S/C12H16F2N2O2S/c1-8-4-5-15-7-11(8)16-19(17,18)12-3-2-9(13)6-10(12)14/h2-3,6,8,11,15-16H,4-5,7H2,1H3. The first kappa shape index (κ1) is 14.4. The molecule has 0 bridgehead atoms. The summed E-state index contributed by atoms with van der Waals surface area (Å²) < 4.78 is 52.9. The van der Waals surface area contributed by atoms with Crippen LogP contribution in [0.3, 0.4) is 0 Å². The van der Waals surface area contributed by atoms with E-state index in [1.54, 1.807) is 0 Å². The molecular weight excluding hydrogens is 274 g/mol. The monoisotopic (exact) mass is 290 g/mol. The van der Waals surface area contributed by atoms with Gasteiger partial charge in [0, 0.05) is 18.7 Å². The summed E-state index contributed by atoms with van der Waals surface area (Å²) in [7, 11) is -3.97. The molecule has 106 valence electrons. The van der Waals surface area contributed by atoms with Gasteiger partial charge in [0.25, 0.3) is 0 Å². The molecular formula is C12H16F2N2O2S. The van der Waals surface area contributed by atoms with Crippen molar-refractivity contribution in [3.05, 3.63) is 29.8 Å².